The number of imide groups is 1. The zero-order valence-electron chi connectivity index (χ0n) is 20.2. The highest BCUT2D eigenvalue weighted by Gasteiger charge is 2.53. The van der Waals surface area contributed by atoms with Crippen LogP contribution in [0.5, 0.6) is 11.5 Å². The normalized spacial score (nSPS) is 20.1. The Labute approximate surface area is 205 Å². The lowest BCUT2D eigenvalue weighted by Crippen LogP contribution is -2.58. The Balaban J connectivity index is 1.43. The van der Waals surface area contributed by atoms with Crippen LogP contribution in [0.3, 0.4) is 0 Å². The van der Waals surface area contributed by atoms with E-state index in [0.29, 0.717) is 49.9 Å². The first-order valence-corrected chi connectivity index (χ1v) is 12.0. The van der Waals surface area contributed by atoms with E-state index in [1.807, 2.05) is 44.2 Å². The molecule has 9 nitrogen and oxygen atoms in total. The van der Waals surface area contributed by atoms with Crippen molar-refractivity contribution in [3.63, 3.8) is 0 Å². The molecular formula is C26H32N4O5. The van der Waals surface area contributed by atoms with Crippen molar-refractivity contribution in [2.45, 2.75) is 38.8 Å². The van der Waals surface area contributed by atoms with Gasteiger partial charge in [0.25, 0.3) is 5.91 Å². The highest BCUT2D eigenvalue weighted by Crippen LogP contribution is 2.31. The summed E-state index contributed by atoms with van der Waals surface area (Å²) in [6.07, 6.45) is 1.33. The summed E-state index contributed by atoms with van der Waals surface area (Å²) in [5.74, 6) is 0.225. The van der Waals surface area contributed by atoms with Gasteiger partial charge >= 0.3 is 6.03 Å². The van der Waals surface area contributed by atoms with Gasteiger partial charge in [0.1, 0.15) is 23.6 Å². The SMILES string of the molecule is CCOc1ccc(OCC)c(NC(=O)CN2C(=O)NC3(CCCN(Cc4ccccc4)C3)C2=O)c1. The predicted octanol–water partition coefficient (Wildman–Crippen LogP) is 3.01. The Morgan fingerprint density at radius 1 is 1.09 bits per heavy atom. The summed E-state index contributed by atoms with van der Waals surface area (Å²) in [5.41, 5.74) is 0.573. The minimum Gasteiger partial charge on any atom is -0.494 e. The van der Waals surface area contributed by atoms with Gasteiger partial charge in [-0.2, -0.15) is 0 Å². The molecule has 0 saturated carbocycles. The van der Waals surface area contributed by atoms with E-state index < -0.39 is 17.5 Å². The fourth-order valence-corrected chi connectivity index (χ4v) is 4.70. The van der Waals surface area contributed by atoms with Crippen LogP contribution in [-0.4, -0.2) is 66.0 Å². The second-order valence-corrected chi connectivity index (χ2v) is 8.78. The molecule has 2 fully saturated rings. The number of rotatable bonds is 9. The van der Waals surface area contributed by atoms with Gasteiger partial charge in [0.2, 0.25) is 5.91 Å². The standard InChI is InChI=1S/C26H32N4O5/c1-3-34-20-11-12-22(35-4-2)21(15-20)27-23(31)17-30-24(32)26(28-25(30)33)13-8-14-29(18-26)16-19-9-6-5-7-10-19/h5-7,9-12,15H,3-4,8,13-14,16-18H2,1-2H3,(H,27,31)(H,28,33). The number of piperidine rings is 1. The molecule has 186 valence electrons. The fraction of sp³-hybridized carbons (Fsp3) is 0.423. The number of hydrogen-bond acceptors (Lipinski definition) is 6. The zero-order valence-corrected chi connectivity index (χ0v) is 20.2. The van der Waals surface area contributed by atoms with Crippen LogP contribution in [0.2, 0.25) is 0 Å². The van der Waals surface area contributed by atoms with Crippen LogP contribution in [0.25, 0.3) is 0 Å². The minimum absolute atomic E-state index is 0.358. The topological polar surface area (TPSA) is 100 Å². The summed E-state index contributed by atoms with van der Waals surface area (Å²) in [6.45, 7) is 6.19. The number of hydrogen-bond donors (Lipinski definition) is 2. The maximum atomic E-state index is 13.4. The molecule has 2 aliphatic heterocycles. The molecule has 2 aromatic rings. The number of anilines is 1. The van der Waals surface area contributed by atoms with Gasteiger partial charge in [-0.1, -0.05) is 30.3 Å². The molecule has 1 spiro atoms. The average Bonchev–Trinajstić information content (AvgIpc) is 3.05. The van der Waals surface area contributed by atoms with E-state index in [2.05, 4.69) is 15.5 Å². The molecule has 2 saturated heterocycles. The van der Waals surface area contributed by atoms with E-state index in [-0.39, 0.29) is 12.5 Å². The van der Waals surface area contributed by atoms with E-state index in [0.717, 1.165) is 23.4 Å². The lowest BCUT2D eigenvalue weighted by atomic mass is 9.88. The molecule has 0 radical (unpaired) electrons. The quantitative estimate of drug-likeness (QED) is 0.535. The lowest BCUT2D eigenvalue weighted by molar-refractivity contribution is -0.135. The van der Waals surface area contributed by atoms with Crippen molar-refractivity contribution < 1.29 is 23.9 Å². The second-order valence-electron chi connectivity index (χ2n) is 8.78. The molecular weight excluding hydrogens is 448 g/mol. The number of benzene rings is 2. The van der Waals surface area contributed by atoms with Gasteiger partial charge in [-0.25, -0.2) is 4.79 Å². The number of nitrogens with one attached hydrogen (secondary N) is 2. The third-order valence-electron chi connectivity index (χ3n) is 6.20. The van der Waals surface area contributed by atoms with E-state index in [4.69, 9.17) is 9.47 Å². The minimum atomic E-state index is -1.00. The molecule has 2 aliphatic rings. The van der Waals surface area contributed by atoms with Crippen LogP contribution in [0, 0.1) is 0 Å². The first-order chi connectivity index (χ1) is 16.9. The van der Waals surface area contributed by atoms with Crippen molar-refractivity contribution in [2.24, 2.45) is 0 Å². The Bertz CT molecular complexity index is 1080. The van der Waals surface area contributed by atoms with Crippen LogP contribution < -0.4 is 20.1 Å². The molecule has 1 unspecified atom stereocenters. The third kappa shape index (κ3) is 5.57. The number of ether oxygens (including phenoxy) is 2. The maximum absolute atomic E-state index is 13.4. The summed E-state index contributed by atoms with van der Waals surface area (Å²) in [5, 5.41) is 5.65. The van der Waals surface area contributed by atoms with Gasteiger partial charge in [0, 0.05) is 19.2 Å². The van der Waals surface area contributed by atoms with Crippen molar-refractivity contribution in [1.82, 2.24) is 15.1 Å². The van der Waals surface area contributed by atoms with Gasteiger partial charge in [-0.3, -0.25) is 19.4 Å². The van der Waals surface area contributed by atoms with Crippen LogP contribution in [0.15, 0.2) is 48.5 Å². The summed E-state index contributed by atoms with van der Waals surface area (Å²) in [7, 11) is 0. The molecule has 0 aliphatic carbocycles. The van der Waals surface area contributed by atoms with E-state index >= 15 is 0 Å². The Morgan fingerprint density at radius 2 is 1.86 bits per heavy atom. The van der Waals surface area contributed by atoms with Crippen molar-refractivity contribution >= 4 is 23.5 Å². The fourth-order valence-electron chi connectivity index (χ4n) is 4.70. The third-order valence-corrected chi connectivity index (χ3v) is 6.20. The summed E-state index contributed by atoms with van der Waals surface area (Å²) >= 11 is 0. The van der Waals surface area contributed by atoms with E-state index in [1.54, 1.807) is 18.2 Å². The smallest absolute Gasteiger partial charge is 0.325 e. The van der Waals surface area contributed by atoms with Gasteiger partial charge in [-0.05, 0) is 50.9 Å². The first-order valence-electron chi connectivity index (χ1n) is 12.0. The van der Waals surface area contributed by atoms with E-state index in [1.165, 1.54) is 0 Å². The summed E-state index contributed by atoms with van der Waals surface area (Å²) in [4.78, 5) is 42.2. The molecule has 2 aromatic carbocycles. The summed E-state index contributed by atoms with van der Waals surface area (Å²) in [6, 6.07) is 14.6. The Hall–Kier alpha value is -3.59. The second kappa shape index (κ2) is 10.8. The number of urea groups is 1. The number of carbonyl (C=O) groups is 3. The molecule has 0 bridgehead atoms. The van der Waals surface area contributed by atoms with Gasteiger partial charge in [0.15, 0.2) is 0 Å². The number of carbonyl (C=O) groups excluding carboxylic acids is 3. The predicted molar refractivity (Wildman–Crippen MR) is 131 cm³/mol. The molecule has 35 heavy (non-hydrogen) atoms. The van der Waals surface area contributed by atoms with Gasteiger partial charge < -0.3 is 20.1 Å². The Kier molecular flexibility index (Phi) is 7.55. The lowest BCUT2D eigenvalue weighted by Gasteiger charge is -2.38. The Morgan fingerprint density at radius 3 is 2.60 bits per heavy atom. The van der Waals surface area contributed by atoms with Crippen molar-refractivity contribution in [3.8, 4) is 11.5 Å². The average molecular weight is 481 g/mol. The largest absolute Gasteiger partial charge is 0.494 e. The molecule has 1 atom stereocenters. The van der Waals surface area contributed by atoms with E-state index in [9.17, 15) is 14.4 Å². The molecule has 2 heterocycles. The van der Waals surface area contributed by atoms with Crippen molar-refractivity contribution in [2.75, 3.05) is 38.2 Å². The zero-order chi connectivity index (χ0) is 24.8. The maximum Gasteiger partial charge on any atom is 0.325 e. The van der Waals surface area contributed by atoms with Gasteiger partial charge in [0.05, 0.1) is 18.9 Å². The van der Waals surface area contributed by atoms with Crippen LogP contribution >= 0.6 is 0 Å². The molecule has 4 amide bonds. The van der Waals surface area contributed by atoms with Crippen LogP contribution in [0.1, 0.15) is 32.3 Å². The molecule has 2 N–H and O–H groups in total. The highest BCUT2D eigenvalue weighted by molar-refractivity contribution is 6.10. The number of nitrogens with zero attached hydrogens (tertiary/aromatic N) is 2. The summed E-state index contributed by atoms with van der Waals surface area (Å²) < 4.78 is 11.1. The van der Waals surface area contributed by atoms with Crippen molar-refractivity contribution in [1.29, 1.82) is 0 Å². The first kappa shape index (κ1) is 24.5. The monoisotopic (exact) mass is 480 g/mol. The number of amides is 4. The molecule has 9 heteroatoms. The van der Waals surface area contributed by atoms with Gasteiger partial charge in [-0.15, -0.1) is 0 Å². The van der Waals surface area contributed by atoms with Crippen molar-refractivity contribution in [3.05, 3.63) is 54.1 Å². The van der Waals surface area contributed by atoms with Crippen LogP contribution in [-0.2, 0) is 16.1 Å². The molecule has 0 aromatic heterocycles. The van der Waals surface area contributed by atoms with Crippen LogP contribution in [0.4, 0.5) is 10.5 Å². The number of likely N-dealkylation sites (tertiary alicyclic amines) is 1. The highest BCUT2D eigenvalue weighted by atomic mass is 16.5. The molecule has 4 rings (SSSR count).